The van der Waals surface area contributed by atoms with E-state index in [-0.39, 0.29) is 24.0 Å². The fraction of sp³-hybridized carbons (Fsp3) is 0.200. The molecule has 0 saturated heterocycles. The Kier molecular flexibility index (Phi) is 6.11. The van der Waals surface area contributed by atoms with Crippen molar-refractivity contribution in [1.29, 1.82) is 0 Å². The van der Waals surface area contributed by atoms with Gasteiger partial charge >= 0.3 is 5.97 Å². The lowest BCUT2D eigenvalue weighted by atomic mass is 10.1. The molecule has 2 N–H and O–H groups in total. The second-order valence-corrected chi connectivity index (χ2v) is 7.03. The Morgan fingerprint density at radius 1 is 1.29 bits per heavy atom. The zero-order valence-electron chi connectivity index (χ0n) is 14.9. The molecule has 6 nitrogen and oxygen atoms in total. The quantitative estimate of drug-likeness (QED) is 0.715. The molecule has 2 aromatic rings. The van der Waals surface area contributed by atoms with E-state index in [2.05, 4.69) is 5.32 Å². The average Bonchev–Trinajstić information content (AvgIpc) is 2.66. The number of esters is 1. The van der Waals surface area contributed by atoms with Crippen molar-refractivity contribution >= 4 is 41.2 Å². The lowest BCUT2D eigenvalue weighted by molar-refractivity contribution is -0.145. The summed E-state index contributed by atoms with van der Waals surface area (Å²) in [5.74, 6) is -0.829. The van der Waals surface area contributed by atoms with Crippen molar-refractivity contribution in [2.45, 2.75) is 13.0 Å². The van der Waals surface area contributed by atoms with Crippen LogP contribution in [-0.4, -0.2) is 30.2 Å². The smallest absolute Gasteiger partial charge is 0.338 e. The Morgan fingerprint density at radius 3 is 2.82 bits per heavy atom. The van der Waals surface area contributed by atoms with Crippen molar-refractivity contribution in [3.8, 4) is 11.5 Å². The highest BCUT2D eigenvalue weighted by Crippen LogP contribution is 2.34. The number of amides is 1. The zero-order chi connectivity index (χ0) is 20.3. The predicted octanol–water partition coefficient (Wildman–Crippen LogP) is 3.90. The molecular weight excluding hydrogens is 405 g/mol. The Labute approximate surface area is 171 Å². The van der Waals surface area contributed by atoms with Crippen molar-refractivity contribution in [2.24, 2.45) is 0 Å². The molecular formula is C20H17Cl2NO5. The first kappa shape index (κ1) is 20.0. The monoisotopic (exact) mass is 421 g/mol. The van der Waals surface area contributed by atoms with Gasteiger partial charge in [-0.05, 0) is 36.8 Å². The van der Waals surface area contributed by atoms with Crippen molar-refractivity contribution < 1.29 is 24.2 Å². The number of ether oxygens (including phenoxy) is 2. The molecule has 1 amide bonds. The van der Waals surface area contributed by atoms with E-state index in [1.165, 1.54) is 6.07 Å². The van der Waals surface area contributed by atoms with Gasteiger partial charge in [0, 0.05) is 15.6 Å². The van der Waals surface area contributed by atoms with Crippen LogP contribution in [0.5, 0.6) is 11.5 Å². The van der Waals surface area contributed by atoms with Crippen LogP contribution in [-0.2, 0) is 14.3 Å². The average molecular weight is 422 g/mol. The molecule has 0 radical (unpaired) electrons. The third-order valence-corrected chi connectivity index (χ3v) is 4.69. The number of hydrogen-bond donors (Lipinski definition) is 2. The van der Waals surface area contributed by atoms with Crippen LogP contribution >= 0.6 is 23.2 Å². The van der Waals surface area contributed by atoms with Crippen LogP contribution in [0.25, 0.3) is 6.08 Å². The van der Waals surface area contributed by atoms with Crippen LogP contribution < -0.4 is 10.1 Å². The summed E-state index contributed by atoms with van der Waals surface area (Å²) in [4.78, 5) is 24.3. The fourth-order valence-electron chi connectivity index (χ4n) is 2.75. The number of rotatable bonds is 5. The Bertz CT molecular complexity index is 958. The second-order valence-electron chi connectivity index (χ2n) is 6.18. The van der Waals surface area contributed by atoms with Gasteiger partial charge < -0.3 is 19.9 Å². The largest absolute Gasteiger partial charge is 0.504 e. The van der Waals surface area contributed by atoms with Crippen LogP contribution in [0.2, 0.25) is 10.0 Å². The number of fused-ring (bicyclic) bond motifs is 1. The van der Waals surface area contributed by atoms with Gasteiger partial charge in [0.1, 0.15) is 6.61 Å². The highest BCUT2D eigenvalue weighted by molar-refractivity contribution is 6.35. The molecule has 0 bridgehead atoms. The predicted molar refractivity (Wildman–Crippen MR) is 106 cm³/mol. The highest BCUT2D eigenvalue weighted by atomic mass is 35.5. The molecule has 28 heavy (non-hydrogen) atoms. The minimum atomic E-state index is -0.665. The number of phenols is 1. The minimum Gasteiger partial charge on any atom is -0.504 e. The van der Waals surface area contributed by atoms with E-state index in [0.717, 1.165) is 0 Å². The maximum absolute atomic E-state index is 12.2. The van der Waals surface area contributed by atoms with Gasteiger partial charge in [-0.1, -0.05) is 41.4 Å². The van der Waals surface area contributed by atoms with E-state index in [0.29, 0.717) is 26.9 Å². The highest BCUT2D eigenvalue weighted by Gasteiger charge is 2.21. The number of hydrogen-bond acceptors (Lipinski definition) is 5. The molecule has 0 saturated carbocycles. The topological polar surface area (TPSA) is 84.9 Å². The number of carbonyl (C=O) groups is 2. The molecule has 0 aliphatic carbocycles. The first-order chi connectivity index (χ1) is 13.3. The number of para-hydroxylation sites is 1. The zero-order valence-corrected chi connectivity index (χ0v) is 16.4. The van der Waals surface area contributed by atoms with Gasteiger partial charge in [-0.2, -0.15) is 0 Å². The molecule has 0 spiro atoms. The standard InChI is InChI=1S/C20H17Cl2NO5/c1-11(15-6-5-14(21)8-16(15)22)23-18(25)10-28-20(26)13-7-12-3-2-4-17(24)19(12)27-9-13/h2-8,11,24H,9-10H2,1H3,(H,23,25)/t11-/m0/s1. The summed E-state index contributed by atoms with van der Waals surface area (Å²) in [6.45, 7) is 1.26. The normalized spacial score (nSPS) is 13.6. The van der Waals surface area contributed by atoms with Crippen LogP contribution in [0.3, 0.4) is 0 Å². The molecule has 0 fully saturated rings. The van der Waals surface area contributed by atoms with Gasteiger partial charge in [-0.25, -0.2) is 4.79 Å². The van der Waals surface area contributed by atoms with Gasteiger partial charge in [0.2, 0.25) is 0 Å². The number of carbonyl (C=O) groups excluding carboxylic acids is 2. The molecule has 1 heterocycles. The molecule has 146 valence electrons. The van der Waals surface area contributed by atoms with Gasteiger partial charge in [-0.3, -0.25) is 4.79 Å². The molecule has 0 aromatic heterocycles. The van der Waals surface area contributed by atoms with E-state index in [1.807, 2.05) is 0 Å². The number of aromatic hydroxyl groups is 1. The first-order valence-electron chi connectivity index (χ1n) is 8.42. The summed E-state index contributed by atoms with van der Waals surface area (Å²) >= 11 is 12.0. The number of phenolic OH excluding ortho intramolecular Hbond substituents is 1. The molecule has 8 heteroatoms. The van der Waals surface area contributed by atoms with Crippen LogP contribution in [0.1, 0.15) is 24.1 Å². The van der Waals surface area contributed by atoms with Crippen molar-refractivity contribution in [3.63, 3.8) is 0 Å². The van der Waals surface area contributed by atoms with Gasteiger partial charge in [-0.15, -0.1) is 0 Å². The summed E-state index contributed by atoms with van der Waals surface area (Å²) in [7, 11) is 0. The molecule has 0 unspecified atom stereocenters. The fourth-order valence-corrected chi connectivity index (χ4v) is 3.32. The van der Waals surface area contributed by atoms with Crippen molar-refractivity contribution in [1.82, 2.24) is 5.32 Å². The number of benzene rings is 2. The Balaban J connectivity index is 1.56. The molecule has 2 aromatic carbocycles. The van der Waals surface area contributed by atoms with Crippen molar-refractivity contribution in [3.05, 3.63) is 63.1 Å². The summed E-state index contributed by atoms with van der Waals surface area (Å²) < 4.78 is 10.5. The molecule has 1 aliphatic heterocycles. The summed E-state index contributed by atoms with van der Waals surface area (Å²) in [6.07, 6.45) is 1.56. The van der Waals surface area contributed by atoms with Crippen LogP contribution in [0.15, 0.2) is 42.0 Å². The van der Waals surface area contributed by atoms with E-state index >= 15 is 0 Å². The third-order valence-electron chi connectivity index (χ3n) is 4.13. The first-order valence-corrected chi connectivity index (χ1v) is 9.17. The minimum absolute atomic E-state index is 0.00427. The second kappa shape index (κ2) is 8.54. The van der Waals surface area contributed by atoms with Crippen LogP contribution in [0, 0.1) is 0 Å². The molecule has 3 rings (SSSR count). The van der Waals surface area contributed by atoms with E-state index in [1.54, 1.807) is 43.3 Å². The Hall–Kier alpha value is -2.70. The lowest BCUT2D eigenvalue weighted by Crippen LogP contribution is -2.32. The number of halogens is 2. The Morgan fingerprint density at radius 2 is 2.07 bits per heavy atom. The summed E-state index contributed by atoms with van der Waals surface area (Å²) in [6, 6.07) is 9.43. The molecule has 1 atom stereocenters. The maximum atomic E-state index is 12.2. The van der Waals surface area contributed by atoms with E-state index < -0.39 is 18.5 Å². The lowest BCUT2D eigenvalue weighted by Gasteiger charge is -2.18. The summed E-state index contributed by atoms with van der Waals surface area (Å²) in [5.41, 5.74) is 1.51. The third kappa shape index (κ3) is 4.58. The SMILES string of the molecule is C[C@H](NC(=O)COC(=O)C1=Cc2cccc(O)c2OC1)c1ccc(Cl)cc1Cl. The molecule has 1 aliphatic rings. The van der Waals surface area contributed by atoms with Gasteiger partial charge in [0.25, 0.3) is 5.91 Å². The van der Waals surface area contributed by atoms with E-state index in [4.69, 9.17) is 32.7 Å². The van der Waals surface area contributed by atoms with E-state index in [9.17, 15) is 14.7 Å². The summed E-state index contributed by atoms with van der Waals surface area (Å²) in [5, 5.41) is 13.4. The van der Waals surface area contributed by atoms with Crippen LogP contribution in [0.4, 0.5) is 0 Å². The van der Waals surface area contributed by atoms with Gasteiger partial charge in [0.15, 0.2) is 18.1 Å². The number of nitrogens with one attached hydrogen (secondary N) is 1. The van der Waals surface area contributed by atoms with Gasteiger partial charge in [0.05, 0.1) is 11.6 Å². The van der Waals surface area contributed by atoms with Crippen molar-refractivity contribution in [2.75, 3.05) is 13.2 Å². The maximum Gasteiger partial charge on any atom is 0.338 e.